The lowest BCUT2D eigenvalue weighted by atomic mass is 10.4. The Morgan fingerprint density at radius 2 is 1.79 bits per heavy atom. The topological polar surface area (TPSA) is 0 Å². The minimum atomic E-state index is -0.523. The summed E-state index contributed by atoms with van der Waals surface area (Å²) in [5.74, 6) is 0. The molecule has 0 radical (unpaired) electrons. The van der Waals surface area contributed by atoms with Crippen molar-refractivity contribution in [2.45, 2.75) is 58.0 Å². The fourth-order valence-electron chi connectivity index (χ4n) is 2.18. The van der Waals surface area contributed by atoms with Gasteiger partial charge in [-0.05, 0) is 6.42 Å². The average Bonchev–Trinajstić information content (AvgIpc) is 2.71. The van der Waals surface area contributed by atoms with E-state index < -0.39 is 8.80 Å². The quantitative estimate of drug-likeness (QED) is 0.549. The lowest BCUT2D eigenvalue weighted by Gasteiger charge is -2.16. The molecule has 0 saturated carbocycles. The Morgan fingerprint density at radius 1 is 1.14 bits per heavy atom. The molecule has 0 heterocycles. The molecule has 0 fully saturated rings. The molecule has 0 aromatic heterocycles. The maximum atomic E-state index is 2.40. The predicted molar refractivity (Wildman–Crippen MR) is 68.4 cm³/mol. The summed E-state index contributed by atoms with van der Waals surface area (Å²) >= 11 is 0. The SMILES string of the molecule is CCCC[SiH](CCCC)C1=CC=CC1. The van der Waals surface area contributed by atoms with Gasteiger partial charge in [0.25, 0.3) is 0 Å². The Labute approximate surface area is 90.7 Å². The van der Waals surface area contributed by atoms with E-state index >= 15 is 0 Å². The van der Waals surface area contributed by atoms with Gasteiger partial charge in [0.05, 0.1) is 8.80 Å². The van der Waals surface area contributed by atoms with Crippen molar-refractivity contribution in [1.29, 1.82) is 0 Å². The third kappa shape index (κ3) is 3.83. The van der Waals surface area contributed by atoms with Crippen LogP contribution in [-0.2, 0) is 0 Å². The fourth-order valence-corrected chi connectivity index (χ4v) is 5.87. The van der Waals surface area contributed by atoms with E-state index in [4.69, 9.17) is 0 Å². The molecule has 0 aromatic rings. The molecule has 0 unspecified atom stereocenters. The molecule has 0 N–H and O–H groups in total. The van der Waals surface area contributed by atoms with Crippen LogP contribution in [0.15, 0.2) is 23.4 Å². The molecule has 0 bridgehead atoms. The van der Waals surface area contributed by atoms with Gasteiger partial charge in [0.15, 0.2) is 0 Å². The van der Waals surface area contributed by atoms with E-state index in [2.05, 4.69) is 32.1 Å². The van der Waals surface area contributed by atoms with Crippen molar-refractivity contribution >= 4 is 8.80 Å². The van der Waals surface area contributed by atoms with Gasteiger partial charge in [-0.25, -0.2) is 0 Å². The predicted octanol–water partition coefficient (Wildman–Crippen LogP) is 4.24. The minimum absolute atomic E-state index is 0.523. The maximum Gasteiger partial charge on any atom is 0.0660 e. The van der Waals surface area contributed by atoms with Gasteiger partial charge in [0.2, 0.25) is 0 Å². The van der Waals surface area contributed by atoms with Crippen LogP contribution >= 0.6 is 0 Å². The zero-order chi connectivity index (χ0) is 10.2. The van der Waals surface area contributed by atoms with Crippen molar-refractivity contribution in [2.75, 3.05) is 0 Å². The van der Waals surface area contributed by atoms with Crippen molar-refractivity contribution in [3.05, 3.63) is 23.4 Å². The first-order chi connectivity index (χ1) is 6.88. The largest absolute Gasteiger partial charge is 0.0809 e. The van der Waals surface area contributed by atoms with Crippen molar-refractivity contribution in [3.63, 3.8) is 0 Å². The highest BCUT2D eigenvalue weighted by atomic mass is 28.3. The van der Waals surface area contributed by atoms with E-state index in [1.807, 2.05) is 5.20 Å². The molecule has 0 saturated heterocycles. The second kappa shape index (κ2) is 7.05. The number of hydrogen-bond donors (Lipinski definition) is 0. The first kappa shape index (κ1) is 11.8. The number of hydrogen-bond acceptors (Lipinski definition) is 0. The molecule has 0 spiro atoms. The zero-order valence-electron chi connectivity index (χ0n) is 9.76. The van der Waals surface area contributed by atoms with Crippen molar-refractivity contribution in [1.82, 2.24) is 0 Å². The molecule has 1 aliphatic rings. The Balaban J connectivity index is 2.35. The molecular formula is C13H24Si. The van der Waals surface area contributed by atoms with E-state index in [1.165, 1.54) is 32.1 Å². The molecular weight excluding hydrogens is 184 g/mol. The lowest BCUT2D eigenvalue weighted by Crippen LogP contribution is -2.15. The number of unbranched alkanes of at least 4 members (excludes halogenated alkanes) is 2. The molecule has 0 aliphatic heterocycles. The summed E-state index contributed by atoms with van der Waals surface area (Å²) in [6.07, 6.45) is 13.9. The Morgan fingerprint density at radius 3 is 2.21 bits per heavy atom. The third-order valence-electron chi connectivity index (χ3n) is 3.14. The van der Waals surface area contributed by atoms with Gasteiger partial charge in [0, 0.05) is 0 Å². The highest BCUT2D eigenvalue weighted by Gasteiger charge is 2.15. The van der Waals surface area contributed by atoms with E-state index in [0.717, 1.165) is 0 Å². The van der Waals surface area contributed by atoms with E-state index in [9.17, 15) is 0 Å². The second-order valence-corrected chi connectivity index (χ2v) is 7.65. The van der Waals surface area contributed by atoms with Gasteiger partial charge in [0.1, 0.15) is 0 Å². The minimum Gasteiger partial charge on any atom is -0.0809 e. The van der Waals surface area contributed by atoms with Crippen LogP contribution in [0, 0.1) is 0 Å². The molecule has 0 amide bonds. The van der Waals surface area contributed by atoms with Gasteiger partial charge in [-0.3, -0.25) is 0 Å². The van der Waals surface area contributed by atoms with Crippen molar-refractivity contribution < 1.29 is 0 Å². The number of rotatable bonds is 7. The van der Waals surface area contributed by atoms with Crippen LogP contribution in [0.25, 0.3) is 0 Å². The molecule has 80 valence electrons. The highest BCUT2D eigenvalue weighted by Crippen LogP contribution is 2.22. The monoisotopic (exact) mass is 208 g/mol. The van der Waals surface area contributed by atoms with Crippen molar-refractivity contribution in [2.24, 2.45) is 0 Å². The summed E-state index contributed by atoms with van der Waals surface area (Å²) in [6, 6.07) is 3.09. The fraction of sp³-hybridized carbons (Fsp3) is 0.692. The summed E-state index contributed by atoms with van der Waals surface area (Å²) in [5.41, 5.74) is 0. The van der Waals surface area contributed by atoms with Gasteiger partial charge in [-0.15, -0.1) is 0 Å². The van der Waals surface area contributed by atoms with Crippen LogP contribution in [0.3, 0.4) is 0 Å². The molecule has 0 aromatic carbocycles. The summed E-state index contributed by atoms with van der Waals surface area (Å²) in [6.45, 7) is 4.62. The second-order valence-electron chi connectivity index (χ2n) is 4.36. The van der Waals surface area contributed by atoms with Crippen LogP contribution in [0.1, 0.15) is 46.0 Å². The molecule has 1 rings (SSSR count). The molecule has 1 heteroatoms. The van der Waals surface area contributed by atoms with Crippen LogP contribution < -0.4 is 0 Å². The lowest BCUT2D eigenvalue weighted by molar-refractivity contribution is 0.842. The smallest absolute Gasteiger partial charge is 0.0660 e. The standard InChI is InChI=1S/C13H24Si/c1-3-5-11-14(12-6-4-2)13-9-7-8-10-13/h7-9,14H,3-6,10-12H2,1-2H3. The first-order valence-electron chi connectivity index (χ1n) is 6.24. The average molecular weight is 208 g/mol. The van der Waals surface area contributed by atoms with Gasteiger partial charge >= 0.3 is 0 Å². The molecule has 14 heavy (non-hydrogen) atoms. The van der Waals surface area contributed by atoms with Crippen LogP contribution in [0.2, 0.25) is 12.1 Å². The molecule has 0 nitrogen and oxygen atoms in total. The van der Waals surface area contributed by atoms with Gasteiger partial charge < -0.3 is 0 Å². The van der Waals surface area contributed by atoms with E-state index in [0.29, 0.717) is 0 Å². The van der Waals surface area contributed by atoms with Crippen LogP contribution in [-0.4, -0.2) is 8.80 Å². The normalized spacial score (nSPS) is 15.2. The summed E-state index contributed by atoms with van der Waals surface area (Å²) in [4.78, 5) is 0. The zero-order valence-corrected chi connectivity index (χ0v) is 10.9. The van der Waals surface area contributed by atoms with E-state index in [-0.39, 0.29) is 0 Å². The van der Waals surface area contributed by atoms with Crippen molar-refractivity contribution in [3.8, 4) is 0 Å². The van der Waals surface area contributed by atoms with Gasteiger partial charge in [-0.1, -0.05) is 75.0 Å². The van der Waals surface area contributed by atoms with E-state index in [1.54, 1.807) is 12.1 Å². The summed E-state index contributed by atoms with van der Waals surface area (Å²) in [7, 11) is -0.523. The first-order valence-corrected chi connectivity index (χ1v) is 8.45. The summed E-state index contributed by atoms with van der Waals surface area (Å²) in [5, 5.41) is 1.83. The molecule has 1 aliphatic carbocycles. The highest BCUT2D eigenvalue weighted by molar-refractivity contribution is 6.66. The Kier molecular flexibility index (Phi) is 5.93. The van der Waals surface area contributed by atoms with Gasteiger partial charge in [-0.2, -0.15) is 0 Å². The Hall–Kier alpha value is -0.303. The number of allylic oxidation sites excluding steroid dienone is 4. The third-order valence-corrected chi connectivity index (χ3v) is 6.82. The van der Waals surface area contributed by atoms with Crippen LogP contribution in [0.5, 0.6) is 0 Å². The summed E-state index contributed by atoms with van der Waals surface area (Å²) < 4.78 is 0. The molecule has 0 atom stereocenters. The Bertz CT molecular complexity index is 195. The maximum absolute atomic E-state index is 2.40. The van der Waals surface area contributed by atoms with Crippen LogP contribution in [0.4, 0.5) is 0 Å².